The van der Waals surface area contributed by atoms with Gasteiger partial charge in [-0.1, -0.05) is 35.9 Å². The Kier molecular flexibility index (Phi) is 2.29. The maximum absolute atomic E-state index is 6.23. The van der Waals surface area contributed by atoms with Crippen LogP contribution in [0.4, 0.5) is 0 Å². The summed E-state index contributed by atoms with van der Waals surface area (Å²) in [5.41, 5.74) is 0.987. The number of aliphatic imine (C=N–C) groups is 1. The Bertz CT molecular complexity index is 572. The zero-order valence-corrected chi connectivity index (χ0v) is 9.37. The van der Waals surface area contributed by atoms with Gasteiger partial charge in [-0.05, 0) is 17.5 Å². The molecule has 3 heteroatoms. The molecule has 0 aliphatic carbocycles. The number of benzene rings is 2. The molecule has 0 saturated heterocycles. The minimum absolute atomic E-state index is 0.663. The SMILES string of the molecule is Clc1cccc2cccc(C3=NCCO3)c12. The number of fused-ring (bicyclic) bond motifs is 1. The van der Waals surface area contributed by atoms with E-state index in [2.05, 4.69) is 4.99 Å². The molecular formula is C13H10ClNO. The first-order valence-corrected chi connectivity index (χ1v) is 5.59. The van der Waals surface area contributed by atoms with Crippen molar-refractivity contribution in [2.45, 2.75) is 0 Å². The summed E-state index contributed by atoms with van der Waals surface area (Å²) in [6.07, 6.45) is 0. The lowest BCUT2D eigenvalue weighted by atomic mass is 10.0. The van der Waals surface area contributed by atoms with E-state index in [1.165, 1.54) is 0 Å². The second-order valence-electron chi connectivity index (χ2n) is 3.68. The van der Waals surface area contributed by atoms with Gasteiger partial charge in [0, 0.05) is 16.0 Å². The third-order valence-electron chi connectivity index (χ3n) is 2.67. The number of hydrogen-bond acceptors (Lipinski definition) is 2. The molecule has 3 rings (SSSR count). The van der Waals surface area contributed by atoms with Gasteiger partial charge in [0.25, 0.3) is 0 Å². The van der Waals surface area contributed by atoms with Crippen LogP contribution in [-0.2, 0) is 4.74 Å². The highest BCUT2D eigenvalue weighted by molar-refractivity contribution is 6.36. The van der Waals surface area contributed by atoms with E-state index >= 15 is 0 Å². The fraction of sp³-hybridized carbons (Fsp3) is 0.154. The number of hydrogen-bond donors (Lipinski definition) is 0. The van der Waals surface area contributed by atoms with Crippen LogP contribution >= 0.6 is 11.6 Å². The quantitative estimate of drug-likeness (QED) is 0.738. The predicted octanol–water partition coefficient (Wildman–Crippen LogP) is 3.27. The van der Waals surface area contributed by atoms with Crippen LogP contribution in [0.1, 0.15) is 5.56 Å². The third kappa shape index (κ3) is 1.46. The van der Waals surface area contributed by atoms with E-state index in [9.17, 15) is 0 Å². The van der Waals surface area contributed by atoms with Gasteiger partial charge in [-0.2, -0.15) is 0 Å². The molecular weight excluding hydrogens is 222 g/mol. The van der Waals surface area contributed by atoms with Gasteiger partial charge in [0.15, 0.2) is 0 Å². The first kappa shape index (κ1) is 9.67. The molecule has 0 amide bonds. The van der Waals surface area contributed by atoms with Crippen LogP contribution in [0, 0.1) is 0 Å². The highest BCUT2D eigenvalue weighted by Gasteiger charge is 2.14. The zero-order chi connectivity index (χ0) is 11.0. The van der Waals surface area contributed by atoms with E-state index in [1.807, 2.05) is 36.4 Å². The van der Waals surface area contributed by atoms with Crippen molar-refractivity contribution in [3.8, 4) is 0 Å². The van der Waals surface area contributed by atoms with Crippen LogP contribution in [0.25, 0.3) is 10.8 Å². The van der Waals surface area contributed by atoms with Crippen LogP contribution in [0.15, 0.2) is 41.4 Å². The molecule has 0 N–H and O–H groups in total. The van der Waals surface area contributed by atoms with E-state index < -0.39 is 0 Å². The standard InChI is InChI=1S/C13H10ClNO/c14-11-6-2-4-9-3-1-5-10(12(9)11)13-15-7-8-16-13/h1-6H,7-8H2. The van der Waals surface area contributed by atoms with Gasteiger partial charge in [0.1, 0.15) is 6.61 Å². The van der Waals surface area contributed by atoms with Crippen molar-refractivity contribution in [1.29, 1.82) is 0 Å². The summed E-state index contributed by atoms with van der Waals surface area (Å²) in [6.45, 7) is 1.40. The van der Waals surface area contributed by atoms with Crippen LogP contribution in [-0.4, -0.2) is 19.0 Å². The van der Waals surface area contributed by atoms with Crippen LogP contribution < -0.4 is 0 Å². The van der Waals surface area contributed by atoms with Gasteiger partial charge in [-0.3, -0.25) is 0 Å². The Balaban J connectivity index is 2.31. The fourth-order valence-corrected chi connectivity index (χ4v) is 2.26. The average Bonchev–Trinajstić information content (AvgIpc) is 2.82. The van der Waals surface area contributed by atoms with Crippen molar-refractivity contribution in [3.05, 3.63) is 47.0 Å². The second kappa shape index (κ2) is 3.80. The Morgan fingerprint density at radius 3 is 2.69 bits per heavy atom. The fourth-order valence-electron chi connectivity index (χ4n) is 1.97. The molecule has 80 valence electrons. The van der Waals surface area contributed by atoms with Crippen molar-refractivity contribution in [2.75, 3.05) is 13.2 Å². The molecule has 2 nitrogen and oxygen atoms in total. The van der Waals surface area contributed by atoms with Gasteiger partial charge >= 0.3 is 0 Å². The summed E-state index contributed by atoms with van der Waals surface area (Å²) in [5, 5.41) is 2.88. The van der Waals surface area contributed by atoms with E-state index in [0.717, 1.165) is 27.9 Å². The molecule has 1 heterocycles. The molecule has 16 heavy (non-hydrogen) atoms. The van der Waals surface area contributed by atoms with Crippen molar-refractivity contribution in [3.63, 3.8) is 0 Å². The van der Waals surface area contributed by atoms with Gasteiger partial charge in [-0.25, -0.2) is 4.99 Å². The van der Waals surface area contributed by atoms with Gasteiger partial charge in [0.2, 0.25) is 5.90 Å². The summed E-state index contributed by atoms with van der Waals surface area (Å²) >= 11 is 6.23. The minimum atomic E-state index is 0.663. The van der Waals surface area contributed by atoms with E-state index in [4.69, 9.17) is 16.3 Å². The molecule has 1 aliphatic rings. The van der Waals surface area contributed by atoms with Crippen molar-refractivity contribution in [1.82, 2.24) is 0 Å². The third-order valence-corrected chi connectivity index (χ3v) is 2.98. The molecule has 0 fully saturated rings. The van der Waals surface area contributed by atoms with Crippen LogP contribution in [0.2, 0.25) is 5.02 Å². The number of nitrogens with zero attached hydrogens (tertiary/aromatic N) is 1. The molecule has 0 radical (unpaired) electrons. The normalized spacial score (nSPS) is 14.9. The summed E-state index contributed by atoms with van der Waals surface area (Å²) in [4.78, 5) is 4.33. The Hall–Kier alpha value is -1.54. The highest BCUT2D eigenvalue weighted by Crippen LogP contribution is 2.28. The molecule has 0 unspecified atom stereocenters. The van der Waals surface area contributed by atoms with E-state index in [0.29, 0.717) is 12.5 Å². The van der Waals surface area contributed by atoms with Crippen molar-refractivity contribution < 1.29 is 4.74 Å². The minimum Gasteiger partial charge on any atom is -0.475 e. The molecule has 2 aromatic rings. The Labute approximate surface area is 98.5 Å². The number of ether oxygens (including phenoxy) is 1. The summed E-state index contributed by atoms with van der Waals surface area (Å²) in [5.74, 6) is 0.707. The first-order valence-electron chi connectivity index (χ1n) is 5.21. The summed E-state index contributed by atoms with van der Waals surface area (Å²) in [6, 6.07) is 11.9. The lowest BCUT2D eigenvalue weighted by Gasteiger charge is -2.07. The monoisotopic (exact) mass is 231 g/mol. The van der Waals surface area contributed by atoms with Gasteiger partial charge < -0.3 is 4.74 Å². The lowest BCUT2D eigenvalue weighted by molar-refractivity contribution is 0.348. The van der Waals surface area contributed by atoms with Crippen molar-refractivity contribution >= 4 is 28.3 Å². The lowest BCUT2D eigenvalue weighted by Crippen LogP contribution is -2.01. The van der Waals surface area contributed by atoms with Gasteiger partial charge in [-0.15, -0.1) is 0 Å². The number of halogens is 1. The largest absolute Gasteiger partial charge is 0.475 e. The maximum atomic E-state index is 6.23. The number of rotatable bonds is 1. The Morgan fingerprint density at radius 1 is 1.12 bits per heavy atom. The molecule has 1 aliphatic heterocycles. The van der Waals surface area contributed by atoms with Crippen LogP contribution in [0.5, 0.6) is 0 Å². The summed E-state index contributed by atoms with van der Waals surface area (Å²) < 4.78 is 5.49. The van der Waals surface area contributed by atoms with E-state index in [1.54, 1.807) is 0 Å². The average molecular weight is 232 g/mol. The Morgan fingerprint density at radius 2 is 1.94 bits per heavy atom. The molecule has 2 aromatic carbocycles. The maximum Gasteiger partial charge on any atom is 0.216 e. The molecule has 0 atom stereocenters. The zero-order valence-electron chi connectivity index (χ0n) is 8.61. The van der Waals surface area contributed by atoms with E-state index in [-0.39, 0.29) is 0 Å². The summed E-state index contributed by atoms with van der Waals surface area (Å²) in [7, 11) is 0. The second-order valence-corrected chi connectivity index (χ2v) is 4.09. The molecule has 0 saturated carbocycles. The predicted molar refractivity (Wildman–Crippen MR) is 66.3 cm³/mol. The molecule has 0 aromatic heterocycles. The molecule has 0 bridgehead atoms. The topological polar surface area (TPSA) is 21.6 Å². The van der Waals surface area contributed by atoms with Gasteiger partial charge in [0.05, 0.1) is 6.54 Å². The van der Waals surface area contributed by atoms with Crippen molar-refractivity contribution in [2.24, 2.45) is 4.99 Å². The van der Waals surface area contributed by atoms with Crippen LogP contribution in [0.3, 0.4) is 0 Å². The first-order chi connectivity index (χ1) is 7.86. The smallest absolute Gasteiger partial charge is 0.216 e. The highest BCUT2D eigenvalue weighted by atomic mass is 35.5. The molecule has 0 spiro atoms.